The van der Waals surface area contributed by atoms with Gasteiger partial charge < -0.3 is 19.7 Å². The fourth-order valence-electron chi connectivity index (χ4n) is 2.85. The molecule has 2 aromatic rings. The molecular formula is C18H17FN4O5S. The molecule has 0 radical (unpaired) electrons. The Kier molecular flexibility index (Phi) is 5.43. The van der Waals surface area contributed by atoms with Gasteiger partial charge >= 0.3 is 0 Å². The highest BCUT2D eigenvalue weighted by atomic mass is 32.2. The first-order valence-corrected chi connectivity index (χ1v) is 9.82. The lowest BCUT2D eigenvalue weighted by Crippen LogP contribution is -2.44. The Labute approximate surface area is 166 Å². The number of carbonyl (C=O) groups excluding carboxylic acids is 1. The van der Waals surface area contributed by atoms with E-state index in [4.69, 9.17) is 10.00 Å². The number of benzene rings is 1. The van der Waals surface area contributed by atoms with Gasteiger partial charge in [-0.2, -0.15) is 5.26 Å². The third-order valence-electron chi connectivity index (χ3n) is 4.32. The summed E-state index contributed by atoms with van der Waals surface area (Å²) in [6.45, 7) is 3.18. The largest absolute Gasteiger partial charge is 0.488 e. The lowest BCUT2D eigenvalue weighted by atomic mass is 10.2. The Balaban J connectivity index is 1.97. The minimum atomic E-state index is -4.08. The van der Waals surface area contributed by atoms with E-state index in [2.05, 4.69) is 16.6 Å². The number of aromatic nitrogens is 1. The topological polar surface area (TPSA) is 133 Å². The minimum absolute atomic E-state index is 0.0954. The van der Waals surface area contributed by atoms with Crippen LogP contribution in [0.1, 0.15) is 16.1 Å². The van der Waals surface area contributed by atoms with Crippen molar-refractivity contribution in [2.24, 2.45) is 7.05 Å². The Morgan fingerprint density at radius 2 is 2.31 bits per heavy atom. The first-order valence-electron chi connectivity index (χ1n) is 8.34. The van der Waals surface area contributed by atoms with Crippen molar-refractivity contribution >= 4 is 21.6 Å². The van der Waals surface area contributed by atoms with Gasteiger partial charge in [0.15, 0.2) is 11.4 Å². The number of nitriles is 1. The summed E-state index contributed by atoms with van der Waals surface area (Å²) in [5.41, 5.74) is -0.197. The second kappa shape index (κ2) is 7.67. The number of hydrogen-bond donors (Lipinski definition) is 3. The molecule has 1 aliphatic rings. The number of hydrogen-bond acceptors (Lipinski definition) is 6. The maximum Gasteiger partial charge on any atom is 0.276 e. The zero-order valence-corrected chi connectivity index (χ0v) is 16.0. The molecule has 3 N–H and O–H groups in total. The summed E-state index contributed by atoms with van der Waals surface area (Å²) in [7, 11) is -2.62. The number of carbonyl (C=O) groups is 1. The van der Waals surface area contributed by atoms with Crippen LogP contribution in [0.2, 0.25) is 0 Å². The lowest BCUT2D eigenvalue weighted by Gasteiger charge is -2.18. The van der Waals surface area contributed by atoms with Gasteiger partial charge in [0, 0.05) is 18.9 Å². The molecule has 0 saturated carbocycles. The van der Waals surface area contributed by atoms with E-state index in [1.165, 1.54) is 30.0 Å². The number of ether oxygens (including phenoxy) is 1. The van der Waals surface area contributed by atoms with Crippen LogP contribution in [0.4, 0.5) is 10.1 Å². The van der Waals surface area contributed by atoms with E-state index in [9.17, 15) is 22.7 Å². The third-order valence-corrected chi connectivity index (χ3v) is 5.80. The quantitative estimate of drug-likeness (QED) is 0.629. The molecule has 11 heteroatoms. The van der Waals surface area contributed by atoms with E-state index >= 15 is 0 Å². The average molecular weight is 420 g/mol. The molecule has 2 atom stereocenters. The molecule has 3 rings (SSSR count). The van der Waals surface area contributed by atoms with E-state index < -0.39 is 33.9 Å². The number of fused-ring (bicyclic) bond motifs is 1. The smallest absolute Gasteiger partial charge is 0.276 e. The van der Waals surface area contributed by atoms with Crippen molar-refractivity contribution in [3.63, 3.8) is 0 Å². The molecule has 0 fully saturated rings. The van der Waals surface area contributed by atoms with Crippen LogP contribution in [-0.4, -0.2) is 42.8 Å². The number of nitrogens with zero attached hydrogens (tertiary/aromatic N) is 2. The van der Waals surface area contributed by atoms with Crippen molar-refractivity contribution in [2.75, 3.05) is 11.9 Å². The van der Waals surface area contributed by atoms with E-state index in [1.807, 2.05) is 0 Å². The van der Waals surface area contributed by atoms with Crippen molar-refractivity contribution in [3.05, 3.63) is 54.1 Å². The van der Waals surface area contributed by atoms with Gasteiger partial charge in [0.05, 0.1) is 17.7 Å². The molecule has 0 aliphatic carbocycles. The molecule has 2 heterocycles. The summed E-state index contributed by atoms with van der Waals surface area (Å²) in [5.74, 6) is -1.63. The second-order valence-corrected chi connectivity index (χ2v) is 7.99. The number of aryl methyl sites for hydroxylation is 1. The normalized spacial score (nSPS) is 18.5. The second-order valence-electron chi connectivity index (χ2n) is 6.31. The van der Waals surface area contributed by atoms with Crippen LogP contribution in [0.25, 0.3) is 0 Å². The molecular weight excluding hydrogens is 403 g/mol. The van der Waals surface area contributed by atoms with Crippen LogP contribution in [0.3, 0.4) is 0 Å². The highest BCUT2D eigenvalue weighted by Gasteiger charge is 2.36. The molecule has 1 aliphatic heterocycles. The molecule has 0 saturated heterocycles. The maximum atomic E-state index is 13.5. The fraction of sp³-hybridized carbons (Fsp3) is 0.222. The predicted molar refractivity (Wildman–Crippen MR) is 100 cm³/mol. The summed E-state index contributed by atoms with van der Waals surface area (Å²) < 4.78 is 47.9. The number of aliphatic hydroxyl groups is 1. The van der Waals surface area contributed by atoms with Crippen molar-refractivity contribution in [1.82, 2.24) is 9.29 Å². The lowest BCUT2D eigenvalue weighted by molar-refractivity contribution is 0.101. The molecule has 9 nitrogen and oxygen atoms in total. The molecule has 0 spiro atoms. The summed E-state index contributed by atoms with van der Waals surface area (Å²) in [4.78, 5) is 12.5. The molecule has 1 aromatic carbocycles. The monoisotopic (exact) mass is 420 g/mol. The first-order chi connectivity index (χ1) is 13.7. The number of halogens is 1. The highest BCUT2D eigenvalue weighted by Crippen LogP contribution is 2.33. The van der Waals surface area contributed by atoms with E-state index in [1.54, 1.807) is 6.07 Å². The summed E-state index contributed by atoms with van der Waals surface area (Å²) in [6.07, 6.45) is 1.19. The van der Waals surface area contributed by atoms with E-state index in [-0.39, 0.29) is 34.2 Å². The number of amides is 1. The molecule has 29 heavy (non-hydrogen) atoms. The van der Waals surface area contributed by atoms with Crippen LogP contribution >= 0.6 is 0 Å². The zero-order valence-electron chi connectivity index (χ0n) is 15.2. The maximum absolute atomic E-state index is 13.5. The predicted octanol–water partition coefficient (Wildman–Crippen LogP) is 0.874. The number of aliphatic hydroxyl groups excluding tert-OH is 1. The number of nitrogens with one attached hydrogen (secondary N) is 2. The van der Waals surface area contributed by atoms with Crippen LogP contribution in [-0.2, 0) is 17.1 Å². The molecule has 1 amide bonds. The Bertz CT molecular complexity index is 1140. The van der Waals surface area contributed by atoms with Crippen LogP contribution in [0.15, 0.2) is 41.9 Å². The Morgan fingerprint density at radius 3 is 2.97 bits per heavy atom. The first kappa shape index (κ1) is 20.5. The van der Waals surface area contributed by atoms with E-state index in [0.717, 1.165) is 12.1 Å². The molecule has 1 aromatic heterocycles. The average Bonchev–Trinajstić information content (AvgIpc) is 2.96. The van der Waals surface area contributed by atoms with Gasteiger partial charge in [-0.3, -0.25) is 4.79 Å². The van der Waals surface area contributed by atoms with Crippen molar-refractivity contribution in [3.8, 4) is 11.8 Å². The van der Waals surface area contributed by atoms with Gasteiger partial charge in [0.1, 0.15) is 23.4 Å². The minimum Gasteiger partial charge on any atom is -0.488 e. The van der Waals surface area contributed by atoms with Gasteiger partial charge in [-0.15, -0.1) is 6.58 Å². The van der Waals surface area contributed by atoms with Gasteiger partial charge in [-0.25, -0.2) is 17.5 Å². The molecule has 152 valence electrons. The summed E-state index contributed by atoms with van der Waals surface area (Å²) in [5, 5.41) is 21.3. The van der Waals surface area contributed by atoms with Crippen LogP contribution in [0.5, 0.6) is 5.75 Å². The standard InChI is InChI=1S/C18H17FN4O5S/c1-3-14(24)13-9-28-17-15(29(26,27)22-13)8-23(2)16(17)18(25)21-11-4-5-12(19)10(6-11)7-20/h3-6,8,13-14,22,24H,1,9H2,2H3,(H,21,25). The van der Waals surface area contributed by atoms with Crippen molar-refractivity contribution < 1.29 is 27.4 Å². The zero-order chi connectivity index (χ0) is 21.3. The van der Waals surface area contributed by atoms with Gasteiger partial charge in [0.25, 0.3) is 5.91 Å². The number of anilines is 1. The number of rotatable bonds is 4. The molecule has 2 unspecified atom stereocenters. The third kappa shape index (κ3) is 3.86. The Hall–Kier alpha value is -3.20. The molecule has 0 bridgehead atoms. The SMILES string of the molecule is C=CC(O)C1COc2c(cn(C)c2C(=O)Nc2ccc(F)c(C#N)c2)S(=O)(=O)N1. The van der Waals surface area contributed by atoms with Crippen LogP contribution < -0.4 is 14.8 Å². The summed E-state index contributed by atoms with van der Waals surface area (Å²) >= 11 is 0. The van der Waals surface area contributed by atoms with Crippen LogP contribution in [0, 0.1) is 17.1 Å². The van der Waals surface area contributed by atoms with Gasteiger partial charge in [0.2, 0.25) is 10.0 Å². The number of sulfonamides is 1. The van der Waals surface area contributed by atoms with E-state index in [0.29, 0.717) is 0 Å². The van der Waals surface area contributed by atoms with Gasteiger partial charge in [-0.05, 0) is 18.2 Å². The highest BCUT2D eigenvalue weighted by molar-refractivity contribution is 7.89. The van der Waals surface area contributed by atoms with Gasteiger partial charge in [-0.1, -0.05) is 6.08 Å². The Morgan fingerprint density at radius 1 is 1.59 bits per heavy atom. The van der Waals surface area contributed by atoms with Crippen molar-refractivity contribution in [2.45, 2.75) is 17.0 Å². The van der Waals surface area contributed by atoms with Crippen molar-refractivity contribution in [1.29, 1.82) is 5.26 Å². The summed E-state index contributed by atoms with van der Waals surface area (Å²) in [6, 6.07) is 4.14. The fourth-order valence-corrected chi connectivity index (χ4v) is 4.28.